The SMILES string of the molecule is CSCO[C@@H]1[C@@]2(C(C)C)O[C@H]2[C@@H]2O[C@]23[C@]12O[C@H]2C[C@H]1C2=C(CC[C@@]13C)C(=O)OC2.CSCO[C@@H]1[C@@]2(C(C)C)O[C@H]2[C@@H]2O[C@]23[C@]12O[C@H]2C[C@H]1c2c(C(=O)c4ccccc4)oc(OC(=O)c4ccccc4)c2CC[C@@]13C. The molecule has 18 atom stereocenters. The van der Waals surface area contributed by atoms with Crippen molar-refractivity contribution in [1.29, 1.82) is 0 Å². The number of carbonyl (C=O) groups is 3. The second-order valence-electron chi connectivity index (χ2n) is 24.4. The first-order valence-electron chi connectivity index (χ1n) is 26.8. The highest BCUT2D eigenvalue weighted by Crippen LogP contribution is 2.85. The average molecular weight is 1050 g/mol. The summed E-state index contributed by atoms with van der Waals surface area (Å²) in [6, 6.07) is 18.0. The highest BCUT2D eigenvalue weighted by atomic mass is 32.2. The Labute approximate surface area is 439 Å². The van der Waals surface area contributed by atoms with Crippen molar-refractivity contribution in [1.82, 2.24) is 0 Å². The van der Waals surface area contributed by atoms with Crippen LogP contribution in [0.25, 0.3) is 0 Å². The summed E-state index contributed by atoms with van der Waals surface area (Å²) in [7, 11) is 0. The van der Waals surface area contributed by atoms with Gasteiger partial charge >= 0.3 is 11.9 Å². The number of benzene rings is 2. The first kappa shape index (κ1) is 47.6. The first-order valence-corrected chi connectivity index (χ1v) is 29.6. The van der Waals surface area contributed by atoms with Crippen molar-refractivity contribution in [2.24, 2.45) is 28.6 Å². The topological polar surface area (TPSA) is 176 Å². The van der Waals surface area contributed by atoms with Crippen molar-refractivity contribution in [3.05, 3.63) is 99.8 Å². The van der Waals surface area contributed by atoms with Gasteiger partial charge in [0.15, 0.2) is 17.0 Å². The molecule has 6 aliphatic carbocycles. The van der Waals surface area contributed by atoms with E-state index in [1.54, 1.807) is 59.9 Å². The molecule has 6 saturated heterocycles. The van der Waals surface area contributed by atoms with Crippen LogP contribution in [-0.4, -0.2) is 131 Å². The summed E-state index contributed by atoms with van der Waals surface area (Å²) < 4.78 is 71.0. The fraction of sp³-hybridized carbons (Fsp3) is 0.638. The third kappa shape index (κ3) is 5.43. The molecule has 392 valence electrons. The highest BCUT2D eigenvalue weighted by molar-refractivity contribution is 7.98. The molecule has 2 aromatic carbocycles. The quantitative estimate of drug-likeness (QED) is 0.0731. The van der Waals surface area contributed by atoms with Crippen molar-refractivity contribution in [2.75, 3.05) is 31.0 Å². The van der Waals surface area contributed by atoms with Gasteiger partial charge in [0.05, 0.1) is 29.6 Å². The molecule has 74 heavy (non-hydrogen) atoms. The van der Waals surface area contributed by atoms with Crippen LogP contribution in [-0.2, 0) is 53.8 Å². The number of hydrogen-bond acceptors (Lipinski definition) is 16. The van der Waals surface area contributed by atoms with E-state index in [1.807, 2.05) is 30.5 Å². The molecule has 14 nitrogen and oxygen atoms in total. The van der Waals surface area contributed by atoms with Crippen LogP contribution in [0.1, 0.15) is 117 Å². The number of ketones is 1. The summed E-state index contributed by atoms with van der Waals surface area (Å²) in [4.78, 5) is 39.6. The molecule has 7 aliphatic heterocycles. The molecule has 10 fully saturated rings. The van der Waals surface area contributed by atoms with Gasteiger partial charge in [-0.3, -0.25) is 4.79 Å². The average Bonchev–Trinajstić information content (AvgIpc) is 4.04. The van der Waals surface area contributed by atoms with Crippen LogP contribution in [0.4, 0.5) is 0 Å². The number of cyclic esters (lactones) is 1. The van der Waals surface area contributed by atoms with E-state index >= 15 is 0 Å². The second-order valence-corrected chi connectivity index (χ2v) is 26.0. The van der Waals surface area contributed by atoms with E-state index in [4.69, 9.17) is 51.8 Å². The van der Waals surface area contributed by atoms with Crippen LogP contribution in [0.5, 0.6) is 5.95 Å². The molecule has 3 aromatic rings. The van der Waals surface area contributed by atoms with E-state index in [-0.39, 0.29) is 107 Å². The minimum Gasteiger partial charge on any atom is -0.458 e. The molecular formula is C58H64O14S2. The standard InChI is InChI=1S/C36H36O8S.C22H28O6S/c1-19(2)34-28(43-34)29-36(44-29)33(3)16-15-22-25(23(33)17-24-35(36,42-24)32(34)39-18-45-4)27(26(37)20-11-7-5-8-12-20)40-31(22)41-30(38)21-13-9-6-10-14-21;1-10(2)20-15(27-20)16-22(28-16)19(3)6-5-11-12(8-24-17(11)23)13(19)7-14-21(22,26-14)18(20)25-9-29-4/h5-14,19,23-24,28-29,32H,15-18H2,1-4H3;10,13-16,18H,5-9H2,1-4H3/t23-,24-,28-,29-,32+,33-,34-,35+,36+;13-,14-,15-,16-,18+,19-,20-,21+,22+/m00/s1. The Morgan fingerprint density at radius 3 is 1.76 bits per heavy atom. The minimum absolute atomic E-state index is 0.0611. The number of hydrogen-bond donors (Lipinski definition) is 0. The van der Waals surface area contributed by atoms with Gasteiger partial charge < -0.3 is 51.8 Å². The van der Waals surface area contributed by atoms with Crippen LogP contribution < -0.4 is 4.74 Å². The Morgan fingerprint density at radius 2 is 1.20 bits per heavy atom. The zero-order chi connectivity index (χ0) is 50.9. The second kappa shape index (κ2) is 15.4. The summed E-state index contributed by atoms with van der Waals surface area (Å²) in [5.41, 5.74) is 1.42. The normalized spacial score (nSPS) is 46.6. The van der Waals surface area contributed by atoms with Gasteiger partial charge in [-0.2, -0.15) is 0 Å². The Hall–Kier alpha value is -3.55. The number of ether oxygens (including phenoxy) is 10. The smallest absolute Gasteiger partial charge is 0.345 e. The number of furan rings is 1. The molecule has 8 heterocycles. The summed E-state index contributed by atoms with van der Waals surface area (Å²) >= 11 is 3.35. The van der Waals surface area contributed by atoms with E-state index in [2.05, 4.69) is 47.8 Å². The lowest BCUT2D eigenvalue weighted by molar-refractivity contribution is -0.136. The Kier molecular flexibility index (Phi) is 9.90. The highest BCUT2D eigenvalue weighted by Gasteiger charge is 3.02. The Morgan fingerprint density at radius 1 is 0.676 bits per heavy atom. The van der Waals surface area contributed by atoms with Crippen molar-refractivity contribution in [3.63, 3.8) is 0 Å². The molecule has 16 rings (SSSR count). The number of carbonyl (C=O) groups excluding carboxylic acids is 3. The lowest BCUT2D eigenvalue weighted by atomic mass is 9.46. The van der Waals surface area contributed by atoms with Gasteiger partial charge in [-0.05, 0) is 92.4 Å². The first-order chi connectivity index (χ1) is 35.6. The predicted octanol–water partition coefficient (Wildman–Crippen LogP) is 8.41. The minimum atomic E-state index is -0.612. The Balaban J connectivity index is 0.000000143. The number of thioether (sulfide) groups is 2. The van der Waals surface area contributed by atoms with Gasteiger partial charge in [-0.25, -0.2) is 9.59 Å². The molecule has 0 amide bonds. The maximum atomic E-state index is 14.1. The summed E-state index contributed by atoms with van der Waals surface area (Å²) in [5.74, 6) is 1.39. The molecule has 0 N–H and O–H groups in total. The molecule has 4 saturated carbocycles. The molecule has 0 bridgehead atoms. The number of epoxide rings is 6. The summed E-state index contributed by atoms with van der Waals surface area (Å²) in [6.07, 6.45) is 8.33. The molecule has 0 unspecified atom stereocenters. The van der Waals surface area contributed by atoms with Gasteiger partial charge in [0.25, 0.3) is 5.95 Å². The fourth-order valence-corrected chi connectivity index (χ4v) is 18.3. The summed E-state index contributed by atoms with van der Waals surface area (Å²) in [5, 5.41) is 0. The maximum Gasteiger partial charge on any atom is 0.345 e. The van der Waals surface area contributed by atoms with Gasteiger partial charge in [-0.1, -0.05) is 90.1 Å². The van der Waals surface area contributed by atoms with E-state index < -0.39 is 33.8 Å². The molecule has 0 radical (unpaired) electrons. The van der Waals surface area contributed by atoms with Gasteiger partial charge in [-0.15, -0.1) is 23.5 Å². The molecule has 13 aliphatic rings. The van der Waals surface area contributed by atoms with Crippen LogP contribution in [0.2, 0.25) is 0 Å². The summed E-state index contributed by atoms with van der Waals surface area (Å²) in [6.45, 7) is 13.9. The molecule has 1 aromatic heterocycles. The number of fused-ring (bicyclic) bond motifs is 9. The van der Waals surface area contributed by atoms with Crippen molar-refractivity contribution < 1.29 is 66.2 Å². The zero-order valence-corrected chi connectivity index (χ0v) is 44.7. The van der Waals surface area contributed by atoms with Gasteiger partial charge in [0.2, 0.25) is 5.78 Å². The Bertz CT molecular complexity index is 2960. The maximum absolute atomic E-state index is 14.1. The van der Waals surface area contributed by atoms with E-state index in [0.717, 1.165) is 42.4 Å². The fourth-order valence-electron chi connectivity index (χ4n) is 17.7. The van der Waals surface area contributed by atoms with Crippen LogP contribution in [0.15, 0.2) is 76.2 Å². The van der Waals surface area contributed by atoms with E-state index in [9.17, 15) is 14.4 Å². The third-order valence-electron chi connectivity index (χ3n) is 21.2. The van der Waals surface area contributed by atoms with Crippen LogP contribution in [0.3, 0.4) is 0 Å². The molecular weight excluding hydrogens is 985 g/mol. The predicted molar refractivity (Wildman–Crippen MR) is 269 cm³/mol. The van der Waals surface area contributed by atoms with E-state index in [1.165, 1.54) is 5.57 Å². The van der Waals surface area contributed by atoms with Gasteiger partial charge in [0, 0.05) is 33.1 Å². The largest absolute Gasteiger partial charge is 0.458 e. The van der Waals surface area contributed by atoms with Crippen molar-refractivity contribution in [3.8, 4) is 5.95 Å². The monoisotopic (exact) mass is 1050 g/mol. The van der Waals surface area contributed by atoms with Crippen LogP contribution >= 0.6 is 23.5 Å². The lowest BCUT2D eigenvalue weighted by Gasteiger charge is -2.54. The molecule has 4 spiro atoms. The van der Waals surface area contributed by atoms with Crippen molar-refractivity contribution >= 4 is 41.2 Å². The third-order valence-corrected chi connectivity index (χ3v) is 22.0. The van der Waals surface area contributed by atoms with Crippen molar-refractivity contribution in [2.45, 2.75) is 168 Å². The number of esters is 2. The number of rotatable bonds is 12. The zero-order valence-electron chi connectivity index (χ0n) is 43.1. The lowest BCUT2D eigenvalue weighted by Crippen LogP contribution is -2.69. The van der Waals surface area contributed by atoms with Crippen LogP contribution in [0, 0.1) is 28.6 Å². The van der Waals surface area contributed by atoms with Gasteiger partial charge in [0.1, 0.15) is 65.6 Å². The van der Waals surface area contributed by atoms with E-state index in [0.29, 0.717) is 48.4 Å². The molecule has 16 heteroatoms.